The number of benzene rings is 1. The molecule has 0 radical (unpaired) electrons. The predicted molar refractivity (Wildman–Crippen MR) is 78.8 cm³/mol. The highest BCUT2D eigenvalue weighted by Gasteiger charge is 2.21. The second-order valence-corrected chi connectivity index (χ2v) is 5.24. The molecule has 0 spiro atoms. The number of piperazine rings is 1. The first kappa shape index (κ1) is 15.9. The Labute approximate surface area is 122 Å². The maximum atomic E-state index is 13.6. The SMILES string of the molecule is CC[C@H](c1ccc(Br)c(F)c1)N1CCNCC1.Cl. The van der Waals surface area contributed by atoms with Crippen molar-refractivity contribution in [3.05, 3.63) is 34.1 Å². The van der Waals surface area contributed by atoms with Crippen LogP contribution in [0.4, 0.5) is 4.39 Å². The lowest BCUT2D eigenvalue weighted by Gasteiger charge is -2.34. The molecule has 1 aliphatic heterocycles. The molecule has 0 unspecified atom stereocenters. The van der Waals surface area contributed by atoms with Gasteiger partial charge in [-0.3, -0.25) is 4.90 Å². The molecule has 102 valence electrons. The van der Waals surface area contributed by atoms with Gasteiger partial charge in [-0.25, -0.2) is 4.39 Å². The molecule has 0 amide bonds. The van der Waals surface area contributed by atoms with E-state index in [1.807, 2.05) is 6.07 Å². The van der Waals surface area contributed by atoms with E-state index in [2.05, 4.69) is 33.1 Å². The highest BCUT2D eigenvalue weighted by Crippen LogP contribution is 2.27. The third-order valence-electron chi connectivity index (χ3n) is 3.31. The van der Waals surface area contributed by atoms with Crippen LogP contribution >= 0.6 is 28.3 Å². The molecule has 1 fully saturated rings. The van der Waals surface area contributed by atoms with Crippen LogP contribution in [-0.2, 0) is 0 Å². The van der Waals surface area contributed by atoms with Gasteiger partial charge >= 0.3 is 0 Å². The molecule has 1 aromatic rings. The van der Waals surface area contributed by atoms with Crippen molar-refractivity contribution in [2.75, 3.05) is 26.2 Å². The average molecular weight is 338 g/mol. The van der Waals surface area contributed by atoms with Gasteiger partial charge in [0.25, 0.3) is 0 Å². The van der Waals surface area contributed by atoms with Gasteiger partial charge in [-0.05, 0) is 40.0 Å². The first-order chi connectivity index (χ1) is 8.22. The van der Waals surface area contributed by atoms with Gasteiger partial charge in [-0.2, -0.15) is 0 Å². The molecule has 1 saturated heterocycles. The molecule has 1 heterocycles. The predicted octanol–water partition coefficient (Wildman–Crippen LogP) is 3.37. The molecule has 1 aromatic carbocycles. The second kappa shape index (κ2) is 7.43. The summed E-state index contributed by atoms with van der Waals surface area (Å²) in [7, 11) is 0. The summed E-state index contributed by atoms with van der Waals surface area (Å²) in [6, 6.07) is 5.80. The minimum absolute atomic E-state index is 0. The van der Waals surface area contributed by atoms with Crippen LogP contribution in [0.1, 0.15) is 24.9 Å². The van der Waals surface area contributed by atoms with E-state index in [1.165, 1.54) is 0 Å². The Balaban J connectivity index is 0.00000162. The van der Waals surface area contributed by atoms with Gasteiger partial charge in [-0.15, -0.1) is 12.4 Å². The molecule has 1 aliphatic rings. The topological polar surface area (TPSA) is 15.3 Å². The molecule has 1 atom stereocenters. The summed E-state index contributed by atoms with van der Waals surface area (Å²) in [4.78, 5) is 2.43. The van der Waals surface area contributed by atoms with Crippen LogP contribution in [0.3, 0.4) is 0 Å². The summed E-state index contributed by atoms with van der Waals surface area (Å²) < 4.78 is 14.1. The van der Waals surface area contributed by atoms with Crippen molar-refractivity contribution in [2.45, 2.75) is 19.4 Å². The third-order valence-corrected chi connectivity index (χ3v) is 3.95. The number of halogens is 3. The molecule has 0 bridgehead atoms. The number of hydrogen-bond acceptors (Lipinski definition) is 2. The number of nitrogens with one attached hydrogen (secondary N) is 1. The first-order valence-electron chi connectivity index (χ1n) is 6.12. The van der Waals surface area contributed by atoms with E-state index in [0.29, 0.717) is 10.5 Å². The molecule has 0 saturated carbocycles. The summed E-state index contributed by atoms with van der Waals surface area (Å²) in [5.74, 6) is -0.170. The van der Waals surface area contributed by atoms with Gasteiger partial charge in [0.05, 0.1) is 4.47 Å². The van der Waals surface area contributed by atoms with E-state index in [4.69, 9.17) is 0 Å². The molecular formula is C13H19BrClFN2. The van der Waals surface area contributed by atoms with Crippen LogP contribution in [0.5, 0.6) is 0 Å². The lowest BCUT2D eigenvalue weighted by atomic mass is 10.0. The van der Waals surface area contributed by atoms with Crippen molar-refractivity contribution >= 4 is 28.3 Å². The second-order valence-electron chi connectivity index (χ2n) is 4.38. The van der Waals surface area contributed by atoms with E-state index in [-0.39, 0.29) is 18.2 Å². The zero-order chi connectivity index (χ0) is 12.3. The van der Waals surface area contributed by atoms with E-state index < -0.39 is 0 Å². The number of rotatable bonds is 3. The Morgan fingerprint density at radius 2 is 2.06 bits per heavy atom. The Kier molecular flexibility index (Phi) is 6.57. The van der Waals surface area contributed by atoms with Crippen LogP contribution in [0.15, 0.2) is 22.7 Å². The van der Waals surface area contributed by atoms with Crippen molar-refractivity contribution in [1.29, 1.82) is 0 Å². The Morgan fingerprint density at radius 3 is 2.61 bits per heavy atom. The van der Waals surface area contributed by atoms with Crippen LogP contribution in [0.25, 0.3) is 0 Å². The van der Waals surface area contributed by atoms with Crippen LogP contribution < -0.4 is 5.32 Å². The minimum Gasteiger partial charge on any atom is -0.314 e. The molecule has 0 aliphatic carbocycles. The van der Waals surface area contributed by atoms with Crippen molar-refractivity contribution in [1.82, 2.24) is 10.2 Å². The molecule has 5 heteroatoms. The Bertz CT molecular complexity index is 383. The fourth-order valence-electron chi connectivity index (χ4n) is 2.42. The zero-order valence-electron chi connectivity index (χ0n) is 10.5. The quantitative estimate of drug-likeness (QED) is 0.910. The highest BCUT2D eigenvalue weighted by molar-refractivity contribution is 9.10. The van der Waals surface area contributed by atoms with E-state index in [0.717, 1.165) is 38.2 Å². The summed E-state index contributed by atoms with van der Waals surface area (Å²) >= 11 is 3.20. The lowest BCUT2D eigenvalue weighted by molar-refractivity contribution is 0.169. The Morgan fingerprint density at radius 1 is 1.39 bits per heavy atom. The maximum Gasteiger partial charge on any atom is 0.137 e. The normalized spacial score (nSPS) is 18.2. The number of hydrogen-bond donors (Lipinski definition) is 1. The van der Waals surface area contributed by atoms with Crippen LogP contribution in [0, 0.1) is 5.82 Å². The third kappa shape index (κ3) is 3.67. The van der Waals surface area contributed by atoms with Crippen molar-refractivity contribution in [2.24, 2.45) is 0 Å². The molecule has 2 nitrogen and oxygen atoms in total. The van der Waals surface area contributed by atoms with E-state index >= 15 is 0 Å². The fourth-order valence-corrected chi connectivity index (χ4v) is 2.66. The summed E-state index contributed by atoms with van der Waals surface area (Å²) in [5, 5.41) is 3.34. The molecule has 2 rings (SSSR count). The van der Waals surface area contributed by atoms with Crippen molar-refractivity contribution in [3.8, 4) is 0 Å². The largest absolute Gasteiger partial charge is 0.314 e. The summed E-state index contributed by atoms with van der Waals surface area (Å²) in [6.07, 6.45) is 1.01. The maximum absolute atomic E-state index is 13.6. The van der Waals surface area contributed by atoms with Gasteiger partial charge in [-0.1, -0.05) is 13.0 Å². The molecular weight excluding hydrogens is 319 g/mol. The highest BCUT2D eigenvalue weighted by atomic mass is 79.9. The monoisotopic (exact) mass is 336 g/mol. The first-order valence-corrected chi connectivity index (χ1v) is 6.91. The average Bonchev–Trinajstić information content (AvgIpc) is 2.36. The lowest BCUT2D eigenvalue weighted by Crippen LogP contribution is -2.45. The van der Waals surface area contributed by atoms with Gasteiger partial charge in [0, 0.05) is 32.2 Å². The smallest absolute Gasteiger partial charge is 0.137 e. The van der Waals surface area contributed by atoms with Crippen LogP contribution in [0.2, 0.25) is 0 Å². The number of nitrogens with zero attached hydrogens (tertiary/aromatic N) is 1. The fraction of sp³-hybridized carbons (Fsp3) is 0.538. The standard InChI is InChI=1S/C13H18BrFN2.ClH/c1-2-13(17-7-5-16-6-8-17)10-3-4-11(14)12(15)9-10;/h3-4,9,13,16H,2,5-8H2,1H3;1H/t13-;/m1./s1. The van der Waals surface area contributed by atoms with Crippen molar-refractivity contribution < 1.29 is 4.39 Å². The molecule has 1 N–H and O–H groups in total. The van der Waals surface area contributed by atoms with Gasteiger partial charge in [0.2, 0.25) is 0 Å². The van der Waals surface area contributed by atoms with Gasteiger partial charge in [0.15, 0.2) is 0 Å². The van der Waals surface area contributed by atoms with Gasteiger partial charge in [0.1, 0.15) is 5.82 Å². The minimum atomic E-state index is -0.170. The molecule has 18 heavy (non-hydrogen) atoms. The van der Waals surface area contributed by atoms with Crippen LogP contribution in [-0.4, -0.2) is 31.1 Å². The summed E-state index contributed by atoms with van der Waals surface area (Å²) in [5.41, 5.74) is 1.08. The van der Waals surface area contributed by atoms with E-state index in [9.17, 15) is 4.39 Å². The molecule has 0 aromatic heterocycles. The van der Waals surface area contributed by atoms with E-state index in [1.54, 1.807) is 12.1 Å². The zero-order valence-corrected chi connectivity index (χ0v) is 12.9. The van der Waals surface area contributed by atoms with Gasteiger partial charge < -0.3 is 5.32 Å². The van der Waals surface area contributed by atoms with Crippen molar-refractivity contribution in [3.63, 3.8) is 0 Å². The Hall–Kier alpha value is -0.160. The summed E-state index contributed by atoms with van der Waals surface area (Å²) in [6.45, 7) is 6.28.